The standard InChI is InChI=1S/C23H28ClN7O3S/c1-34-22(32)27-14-23(7-3-8-23)30-20-18-17(6-11-35(18)33)28-21(29-20)31-9-2-4-15(5-10-31)19-25-12-16(24)13-26-19/h4,12-13H,2-3,5-11,14H2,1H3,(H,27,32)(H,28,29,30)/t35-/m1/s1. The number of fused-ring (bicyclic) bond motifs is 1. The van der Waals surface area contributed by atoms with Crippen molar-refractivity contribution < 1.29 is 13.7 Å². The Morgan fingerprint density at radius 1 is 1.23 bits per heavy atom. The van der Waals surface area contributed by atoms with Crippen molar-refractivity contribution in [1.29, 1.82) is 0 Å². The minimum Gasteiger partial charge on any atom is -0.453 e. The number of carbonyl (C=O) groups excluding carboxylic acids is 1. The highest BCUT2D eigenvalue weighted by atomic mass is 35.5. The minimum atomic E-state index is -1.14. The molecular formula is C23H28ClN7O3S. The Bertz CT molecular complexity index is 1170. The van der Waals surface area contributed by atoms with Gasteiger partial charge in [0.1, 0.15) is 10.7 Å². The molecule has 0 bridgehead atoms. The van der Waals surface area contributed by atoms with Gasteiger partial charge >= 0.3 is 6.09 Å². The first-order valence-corrected chi connectivity index (χ1v) is 13.5. The van der Waals surface area contributed by atoms with E-state index in [9.17, 15) is 9.00 Å². The Hall–Kier alpha value is -2.79. The predicted molar refractivity (Wildman–Crippen MR) is 134 cm³/mol. The summed E-state index contributed by atoms with van der Waals surface area (Å²) in [5.41, 5.74) is 1.58. The lowest BCUT2D eigenvalue weighted by Crippen LogP contribution is -2.54. The van der Waals surface area contributed by atoms with Gasteiger partial charge in [-0.25, -0.2) is 19.7 Å². The normalized spacial score (nSPS) is 20.8. The van der Waals surface area contributed by atoms with Gasteiger partial charge in [-0.15, -0.1) is 0 Å². The molecule has 5 rings (SSSR count). The van der Waals surface area contributed by atoms with E-state index in [0.29, 0.717) is 52.8 Å². The number of aromatic nitrogens is 4. The summed E-state index contributed by atoms with van der Waals surface area (Å²) in [4.78, 5) is 32.9. The Morgan fingerprint density at radius 2 is 2.03 bits per heavy atom. The van der Waals surface area contributed by atoms with Crippen LogP contribution in [0.1, 0.15) is 43.6 Å². The van der Waals surface area contributed by atoms with Crippen molar-refractivity contribution in [3.63, 3.8) is 0 Å². The molecule has 4 heterocycles. The number of carbonyl (C=O) groups is 1. The van der Waals surface area contributed by atoms with Crippen LogP contribution >= 0.6 is 11.6 Å². The first-order chi connectivity index (χ1) is 17.0. The molecule has 186 valence electrons. The second-order valence-corrected chi connectivity index (χ2v) is 11.0. The summed E-state index contributed by atoms with van der Waals surface area (Å²) in [5, 5.41) is 6.87. The number of methoxy groups -OCH3 is 1. The van der Waals surface area contributed by atoms with E-state index in [1.54, 1.807) is 12.4 Å². The fourth-order valence-corrected chi connectivity index (χ4v) is 6.07. The summed E-state index contributed by atoms with van der Waals surface area (Å²) in [7, 11) is 0.209. The SMILES string of the molecule is COC(=O)NCC1(Nc2nc(N3CCC=C(c4ncc(Cl)cn4)CC3)nc3c2[S@](=O)CC3)CCC1. The Morgan fingerprint density at radius 3 is 2.74 bits per heavy atom. The second-order valence-electron chi connectivity index (χ2n) is 9.03. The van der Waals surface area contributed by atoms with Crippen LogP contribution in [0.3, 0.4) is 0 Å². The lowest BCUT2D eigenvalue weighted by Gasteiger charge is -2.43. The minimum absolute atomic E-state index is 0.334. The van der Waals surface area contributed by atoms with Gasteiger partial charge in [0.05, 0.1) is 34.2 Å². The van der Waals surface area contributed by atoms with Gasteiger partial charge in [0.25, 0.3) is 0 Å². The van der Waals surface area contributed by atoms with Crippen LogP contribution in [0.4, 0.5) is 16.6 Å². The summed E-state index contributed by atoms with van der Waals surface area (Å²) in [5.74, 6) is 2.49. The first kappa shape index (κ1) is 23.9. The van der Waals surface area contributed by atoms with E-state index >= 15 is 0 Å². The molecule has 0 saturated heterocycles. The Kier molecular flexibility index (Phi) is 6.88. The van der Waals surface area contributed by atoms with E-state index < -0.39 is 16.9 Å². The summed E-state index contributed by atoms with van der Waals surface area (Å²) in [6.45, 7) is 1.89. The molecule has 2 aromatic heterocycles. The number of halogens is 1. The van der Waals surface area contributed by atoms with Gasteiger partial charge in [-0.05, 0) is 37.7 Å². The fourth-order valence-electron chi connectivity index (χ4n) is 4.67. The zero-order chi connectivity index (χ0) is 24.4. The largest absolute Gasteiger partial charge is 0.453 e. The van der Waals surface area contributed by atoms with E-state index in [-0.39, 0.29) is 5.54 Å². The molecule has 1 saturated carbocycles. The number of hydrogen-bond acceptors (Lipinski definition) is 9. The van der Waals surface area contributed by atoms with Crippen molar-refractivity contribution in [3.05, 3.63) is 35.0 Å². The van der Waals surface area contributed by atoms with Gasteiger partial charge in [-0.2, -0.15) is 4.98 Å². The van der Waals surface area contributed by atoms with Gasteiger partial charge in [-0.3, -0.25) is 4.21 Å². The van der Waals surface area contributed by atoms with Crippen LogP contribution in [0, 0.1) is 0 Å². The van der Waals surface area contributed by atoms with Gasteiger partial charge in [0.2, 0.25) is 5.95 Å². The molecule has 35 heavy (non-hydrogen) atoms. The van der Waals surface area contributed by atoms with Crippen molar-refractivity contribution in [1.82, 2.24) is 25.3 Å². The third-order valence-corrected chi connectivity index (χ3v) is 8.41. The van der Waals surface area contributed by atoms with Crippen molar-refractivity contribution >= 4 is 45.8 Å². The highest BCUT2D eigenvalue weighted by molar-refractivity contribution is 7.85. The second kappa shape index (κ2) is 10.1. The lowest BCUT2D eigenvalue weighted by molar-refractivity contribution is 0.163. The van der Waals surface area contributed by atoms with E-state index in [1.807, 2.05) is 0 Å². The van der Waals surface area contributed by atoms with Gasteiger partial charge < -0.3 is 20.3 Å². The smallest absolute Gasteiger partial charge is 0.406 e. The monoisotopic (exact) mass is 517 g/mol. The Labute approximate surface area is 211 Å². The predicted octanol–water partition coefficient (Wildman–Crippen LogP) is 2.96. The number of anilines is 2. The molecule has 12 heteroatoms. The maximum absolute atomic E-state index is 12.8. The molecular weight excluding hydrogens is 490 g/mol. The number of ether oxygens (including phenoxy) is 1. The average molecular weight is 518 g/mol. The lowest BCUT2D eigenvalue weighted by atomic mass is 9.76. The number of hydrogen-bond donors (Lipinski definition) is 2. The van der Waals surface area contributed by atoms with E-state index in [2.05, 4.69) is 31.6 Å². The zero-order valence-corrected chi connectivity index (χ0v) is 21.1. The maximum Gasteiger partial charge on any atom is 0.406 e. The average Bonchev–Trinajstić information content (AvgIpc) is 3.05. The molecule has 0 spiro atoms. The molecule has 2 aromatic rings. The van der Waals surface area contributed by atoms with Crippen LogP contribution in [-0.2, 0) is 22.0 Å². The highest BCUT2D eigenvalue weighted by Gasteiger charge is 2.40. The van der Waals surface area contributed by atoms with Crippen LogP contribution in [0.25, 0.3) is 5.57 Å². The summed E-state index contributed by atoms with van der Waals surface area (Å²) < 4.78 is 17.5. The molecule has 2 N–H and O–H groups in total. The molecule has 1 atom stereocenters. The Balaban J connectivity index is 1.37. The summed E-state index contributed by atoms with van der Waals surface area (Å²) in [6, 6.07) is 0. The fraction of sp³-hybridized carbons (Fsp3) is 0.522. The number of nitrogens with zero attached hydrogens (tertiary/aromatic N) is 5. The number of amides is 1. The molecule has 2 aliphatic heterocycles. The quantitative estimate of drug-likeness (QED) is 0.595. The summed E-state index contributed by atoms with van der Waals surface area (Å²) in [6.07, 6.45) is 9.96. The number of alkyl carbamates (subject to hydrolysis) is 1. The maximum atomic E-state index is 12.8. The van der Waals surface area contributed by atoms with Crippen molar-refractivity contribution in [3.8, 4) is 0 Å². The molecule has 0 unspecified atom stereocenters. The van der Waals surface area contributed by atoms with Gasteiger partial charge in [0, 0.05) is 44.2 Å². The van der Waals surface area contributed by atoms with E-state index in [4.69, 9.17) is 26.3 Å². The van der Waals surface area contributed by atoms with Crippen LogP contribution in [0.5, 0.6) is 0 Å². The number of aryl methyl sites for hydroxylation is 1. The van der Waals surface area contributed by atoms with Crippen LogP contribution in [0.15, 0.2) is 23.4 Å². The first-order valence-electron chi connectivity index (χ1n) is 11.8. The third kappa shape index (κ3) is 5.11. The molecule has 1 fully saturated rings. The van der Waals surface area contributed by atoms with Crippen LogP contribution in [-0.4, -0.2) is 68.3 Å². The molecule has 3 aliphatic rings. The van der Waals surface area contributed by atoms with E-state index in [1.165, 1.54) is 7.11 Å². The number of nitrogens with one attached hydrogen (secondary N) is 2. The third-order valence-electron chi connectivity index (χ3n) is 6.76. The highest BCUT2D eigenvalue weighted by Crippen LogP contribution is 2.38. The van der Waals surface area contributed by atoms with Crippen molar-refractivity contribution in [2.45, 2.75) is 49.0 Å². The van der Waals surface area contributed by atoms with Gasteiger partial charge in [-0.1, -0.05) is 17.7 Å². The van der Waals surface area contributed by atoms with E-state index in [0.717, 1.165) is 49.9 Å². The molecule has 0 radical (unpaired) electrons. The van der Waals surface area contributed by atoms with Crippen LogP contribution in [0.2, 0.25) is 5.02 Å². The number of rotatable bonds is 6. The molecule has 1 amide bonds. The zero-order valence-electron chi connectivity index (χ0n) is 19.6. The van der Waals surface area contributed by atoms with Crippen LogP contribution < -0.4 is 15.5 Å². The van der Waals surface area contributed by atoms with Crippen molar-refractivity contribution in [2.75, 3.05) is 42.7 Å². The van der Waals surface area contributed by atoms with Gasteiger partial charge in [0.15, 0.2) is 5.82 Å². The molecule has 1 aliphatic carbocycles. The molecule has 0 aromatic carbocycles. The van der Waals surface area contributed by atoms with Crippen molar-refractivity contribution in [2.24, 2.45) is 0 Å². The topological polar surface area (TPSA) is 122 Å². The summed E-state index contributed by atoms with van der Waals surface area (Å²) >= 11 is 5.94. The molecule has 10 nitrogen and oxygen atoms in total.